The molecule has 0 fully saturated rings. The number of hydrogen-bond acceptors (Lipinski definition) is 3. The Kier molecular flexibility index (Phi) is 6.50. The molecule has 0 saturated heterocycles. The Labute approximate surface area is 124 Å². The Morgan fingerprint density at radius 1 is 1.20 bits per heavy atom. The predicted molar refractivity (Wildman–Crippen MR) is 86.5 cm³/mol. The van der Waals surface area contributed by atoms with Gasteiger partial charge in [0.25, 0.3) is 0 Å². The molecule has 0 radical (unpaired) electrons. The summed E-state index contributed by atoms with van der Waals surface area (Å²) in [5.41, 5.74) is 2.50. The van der Waals surface area contributed by atoms with Crippen LogP contribution in [0.2, 0.25) is 0 Å². The molecule has 0 amide bonds. The van der Waals surface area contributed by atoms with E-state index in [-0.39, 0.29) is 6.04 Å². The van der Waals surface area contributed by atoms with E-state index in [0.29, 0.717) is 12.0 Å². The maximum atomic E-state index is 5.49. The molecule has 0 saturated carbocycles. The zero-order valence-electron chi connectivity index (χ0n) is 14.0. The summed E-state index contributed by atoms with van der Waals surface area (Å²) in [7, 11) is 5.98. The lowest BCUT2D eigenvalue weighted by atomic mass is 9.99. The van der Waals surface area contributed by atoms with Gasteiger partial charge in [-0.25, -0.2) is 0 Å². The summed E-state index contributed by atoms with van der Waals surface area (Å²) in [6.07, 6.45) is 0. The minimum absolute atomic E-state index is 0.275. The van der Waals surface area contributed by atoms with Gasteiger partial charge in [-0.15, -0.1) is 0 Å². The molecule has 2 atom stereocenters. The van der Waals surface area contributed by atoms with Crippen molar-refractivity contribution in [2.24, 2.45) is 5.92 Å². The number of methoxy groups -OCH3 is 1. The molecular formula is C17H30N2O. The molecule has 0 aliphatic rings. The van der Waals surface area contributed by atoms with Crippen molar-refractivity contribution in [3.8, 4) is 5.75 Å². The smallest absolute Gasteiger partial charge is 0.123 e. The summed E-state index contributed by atoms with van der Waals surface area (Å²) in [5, 5.41) is 3.74. The molecule has 0 aromatic heterocycles. The standard InChI is InChI=1S/C17H30N2O/c1-12(2)16(11-19(5)6)18-14(4)15-10-13(3)8-9-17(15)20-7/h8-10,12,14,16,18H,11H2,1-7H3. The number of aryl methyl sites for hydroxylation is 1. The van der Waals surface area contributed by atoms with Crippen molar-refractivity contribution >= 4 is 0 Å². The lowest BCUT2D eigenvalue weighted by molar-refractivity contribution is 0.271. The normalized spacial score (nSPS) is 14.7. The minimum Gasteiger partial charge on any atom is -0.496 e. The van der Waals surface area contributed by atoms with Crippen molar-refractivity contribution in [3.05, 3.63) is 29.3 Å². The topological polar surface area (TPSA) is 24.5 Å². The van der Waals surface area contributed by atoms with Gasteiger partial charge in [0.05, 0.1) is 7.11 Å². The number of benzene rings is 1. The second-order valence-corrected chi connectivity index (χ2v) is 6.25. The average molecular weight is 278 g/mol. The fourth-order valence-electron chi connectivity index (χ4n) is 2.45. The van der Waals surface area contributed by atoms with Gasteiger partial charge in [-0.1, -0.05) is 31.5 Å². The summed E-state index contributed by atoms with van der Waals surface area (Å²) >= 11 is 0. The first-order valence-electron chi connectivity index (χ1n) is 7.40. The first kappa shape index (κ1) is 17.0. The van der Waals surface area contributed by atoms with Gasteiger partial charge in [-0.05, 0) is 39.9 Å². The zero-order chi connectivity index (χ0) is 15.3. The second kappa shape index (κ2) is 7.65. The van der Waals surface area contributed by atoms with E-state index in [2.05, 4.69) is 70.2 Å². The molecule has 0 heterocycles. The minimum atomic E-state index is 0.275. The number of rotatable bonds is 7. The second-order valence-electron chi connectivity index (χ2n) is 6.25. The third kappa shape index (κ3) is 4.80. The van der Waals surface area contributed by atoms with Crippen molar-refractivity contribution in [1.82, 2.24) is 10.2 Å². The van der Waals surface area contributed by atoms with Gasteiger partial charge in [-0.3, -0.25) is 0 Å². The number of ether oxygens (including phenoxy) is 1. The quantitative estimate of drug-likeness (QED) is 0.828. The van der Waals surface area contributed by atoms with Crippen LogP contribution >= 0.6 is 0 Å². The molecule has 0 spiro atoms. The molecule has 2 unspecified atom stereocenters. The van der Waals surface area contributed by atoms with Crippen LogP contribution in [0.4, 0.5) is 0 Å². The van der Waals surface area contributed by atoms with Crippen LogP contribution in [0, 0.1) is 12.8 Å². The van der Waals surface area contributed by atoms with E-state index in [0.717, 1.165) is 12.3 Å². The molecule has 0 aliphatic carbocycles. The molecule has 1 aromatic rings. The van der Waals surface area contributed by atoms with Crippen molar-refractivity contribution in [2.75, 3.05) is 27.7 Å². The lowest BCUT2D eigenvalue weighted by Gasteiger charge is -2.29. The van der Waals surface area contributed by atoms with Crippen LogP contribution in [0.25, 0.3) is 0 Å². The summed E-state index contributed by atoms with van der Waals surface area (Å²) < 4.78 is 5.49. The van der Waals surface area contributed by atoms with Crippen molar-refractivity contribution in [3.63, 3.8) is 0 Å². The number of likely N-dealkylation sites (N-methyl/N-ethyl adjacent to an activating group) is 1. The molecule has 1 rings (SSSR count). The monoisotopic (exact) mass is 278 g/mol. The SMILES string of the molecule is COc1ccc(C)cc1C(C)NC(CN(C)C)C(C)C. The largest absolute Gasteiger partial charge is 0.496 e. The highest BCUT2D eigenvalue weighted by molar-refractivity contribution is 5.38. The third-order valence-electron chi connectivity index (χ3n) is 3.68. The Balaban J connectivity index is 2.88. The van der Waals surface area contributed by atoms with Crippen LogP contribution in [0.5, 0.6) is 5.75 Å². The molecule has 114 valence electrons. The van der Waals surface area contributed by atoms with Gasteiger partial charge in [0, 0.05) is 24.2 Å². The van der Waals surface area contributed by atoms with Crippen LogP contribution in [0.3, 0.4) is 0 Å². The van der Waals surface area contributed by atoms with Crippen LogP contribution in [0.15, 0.2) is 18.2 Å². The van der Waals surface area contributed by atoms with E-state index in [4.69, 9.17) is 4.74 Å². The van der Waals surface area contributed by atoms with Gasteiger partial charge in [0.2, 0.25) is 0 Å². The number of nitrogens with one attached hydrogen (secondary N) is 1. The Bertz CT molecular complexity index is 415. The van der Waals surface area contributed by atoms with Crippen LogP contribution in [-0.4, -0.2) is 38.7 Å². The Morgan fingerprint density at radius 3 is 2.35 bits per heavy atom. The van der Waals surface area contributed by atoms with E-state index in [1.54, 1.807) is 7.11 Å². The summed E-state index contributed by atoms with van der Waals surface area (Å²) in [6, 6.07) is 7.10. The summed E-state index contributed by atoms with van der Waals surface area (Å²) in [6.45, 7) is 9.90. The van der Waals surface area contributed by atoms with E-state index >= 15 is 0 Å². The highest BCUT2D eigenvalue weighted by Crippen LogP contribution is 2.27. The summed E-state index contributed by atoms with van der Waals surface area (Å²) in [4.78, 5) is 2.23. The lowest BCUT2D eigenvalue weighted by Crippen LogP contribution is -2.43. The first-order chi connectivity index (χ1) is 9.35. The highest BCUT2D eigenvalue weighted by Gasteiger charge is 2.19. The maximum absolute atomic E-state index is 5.49. The Morgan fingerprint density at radius 2 is 1.85 bits per heavy atom. The fraction of sp³-hybridized carbons (Fsp3) is 0.647. The third-order valence-corrected chi connectivity index (χ3v) is 3.68. The van der Waals surface area contributed by atoms with Gasteiger partial charge in [0.1, 0.15) is 5.75 Å². The van der Waals surface area contributed by atoms with E-state index in [1.165, 1.54) is 11.1 Å². The van der Waals surface area contributed by atoms with Gasteiger partial charge >= 0.3 is 0 Å². The van der Waals surface area contributed by atoms with Crippen LogP contribution in [0.1, 0.15) is 37.9 Å². The van der Waals surface area contributed by atoms with E-state index < -0.39 is 0 Å². The van der Waals surface area contributed by atoms with Crippen molar-refractivity contribution in [2.45, 2.75) is 39.8 Å². The predicted octanol–water partition coefficient (Wildman–Crippen LogP) is 3.24. The number of hydrogen-bond donors (Lipinski definition) is 1. The van der Waals surface area contributed by atoms with Gasteiger partial charge in [0.15, 0.2) is 0 Å². The molecule has 0 bridgehead atoms. The molecule has 1 N–H and O–H groups in total. The molecule has 20 heavy (non-hydrogen) atoms. The molecule has 3 heteroatoms. The zero-order valence-corrected chi connectivity index (χ0v) is 14.0. The first-order valence-corrected chi connectivity index (χ1v) is 7.40. The van der Waals surface area contributed by atoms with Gasteiger partial charge in [-0.2, -0.15) is 0 Å². The maximum Gasteiger partial charge on any atom is 0.123 e. The number of nitrogens with zero attached hydrogens (tertiary/aromatic N) is 1. The van der Waals surface area contributed by atoms with Crippen LogP contribution in [-0.2, 0) is 0 Å². The Hall–Kier alpha value is -1.06. The fourth-order valence-corrected chi connectivity index (χ4v) is 2.45. The highest BCUT2D eigenvalue weighted by atomic mass is 16.5. The molecular weight excluding hydrogens is 248 g/mol. The summed E-state index contributed by atoms with van der Waals surface area (Å²) in [5.74, 6) is 1.55. The molecule has 0 aliphatic heterocycles. The van der Waals surface area contributed by atoms with Crippen LogP contribution < -0.4 is 10.1 Å². The molecule has 1 aromatic carbocycles. The van der Waals surface area contributed by atoms with Crippen molar-refractivity contribution in [1.29, 1.82) is 0 Å². The van der Waals surface area contributed by atoms with Gasteiger partial charge < -0.3 is 15.0 Å². The van der Waals surface area contributed by atoms with E-state index in [1.807, 2.05) is 0 Å². The van der Waals surface area contributed by atoms with Crippen molar-refractivity contribution < 1.29 is 4.74 Å². The van der Waals surface area contributed by atoms with E-state index in [9.17, 15) is 0 Å². The average Bonchev–Trinajstić information content (AvgIpc) is 2.37. The molecule has 3 nitrogen and oxygen atoms in total.